The quantitative estimate of drug-likeness (QED) is 0.695. The molecule has 0 aliphatic rings. The van der Waals surface area contributed by atoms with E-state index in [1.807, 2.05) is 56.3 Å². The standard InChI is InChI=1S/C24H27N3O2/c1-16-10-13-21(17(2)14-16)22(19-8-6-5-7-9-19)26-24(29)25-15-20-12-11-18(3)27(4)23(20)28/h5-14,22H,15H2,1-4H3,(H2,25,26,29). The van der Waals surface area contributed by atoms with Crippen LogP contribution in [-0.2, 0) is 13.6 Å². The number of pyridine rings is 1. The van der Waals surface area contributed by atoms with Crippen molar-refractivity contribution in [1.29, 1.82) is 0 Å². The van der Waals surface area contributed by atoms with Crippen molar-refractivity contribution in [1.82, 2.24) is 15.2 Å². The van der Waals surface area contributed by atoms with Gasteiger partial charge < -0.3 is 15.2 Å². The monoisotopic (exact) mass is 389 g/mol. The average molecular weight is 389 g/mol. The van der Waals surface area contributed by atoms with Crippen LogP contribution in [0.1, 0.15) is 39.6 Å². The zero-order chi connectivity index (χ0) is 21.0. The molecular formula is C24H27N3O2. The van der Waals surface area contributed by atoms with E-state index in [4.69, 9.17) is 0 Å². The van der Waals surface area contributed by atoms with Crippen LogP contribution in [0.5, 0.6) is 0 Å². The van der Waals surface area contributed by atoms with E-state index in [1.165, 1.54) is 5.56 Å². The van der Waals surface area contributed by atoms with Crippen molar-refractivity contribution >= 4 is 6.03 Å². The molecule has 0 aliphatic heterocycles. The molecule has 0 spiro atoms. The summed E-state index contributed by atoms with van der Waals surface area (Å²) in [6, 6.07) is 19.1. The molecule has 2 amide bonds. The minimum atomic E-state index is -0.318. The molecule has 2 N–H and O–H groups in total. The number of hydrogen-bond acceptors (Lipinski definition) is 2. The van der Waals surface area contributed by atoms with Crippen molar-refractivity contribution in [3.8, 4) is 0 Å². The fourth-order valence-electron chi connectivity index (χ4n) is 3.41. The number of hydrogen-bond donors (Lipinski definition) is 2. The third-order valence-corrected chi connectivity index (χ3v) is 5.22. The first-order valence-corrected chi connectivity index (χ1v) is 9.69. The van der Waals surface area contributed by atoms with Crippen LogP contribution >= 0.6 is 0 Å². The highest BCUT2D eigenvalue weighted by molar-refractivity contribution is 5.75. The van der Waals surface area contributed by atoms with Gasteiger partial charge in [-0.15, -0.1) is 0 Å². The van der Waals surface area contributed by atoms with Gasteiger partial charge in [0.25, 0.3) is 5.56 Å². The molecule has 150 valence electrons. The molecule has 5 nitrogen and oxygen atoms in total. The molecular weight excluding hydrogens is 362 g/mol. The third-order valence-electron chi connectivity index (χ3n) is 5.22. The number of rotatable bonds is 5. The number of amides is 2. The Labute approximate surface area is 171 Å². The smallest absolute Gasteiger partial charge is 0.315 e. The summed E-state index contributed by atoms with van der Waals surface area (Å²) < 4.78 is 1.58. The predicted molar refractivity (Wildman–Crippen MR) is 116 cm³/mol. The second kappa shape index (κ2) is 8.78. The Morgan fingerprint density at radius 3 is 2.41 bits per heavy atom. The lowest BCUT2D eigenvalue weighted by atomic mass is 9.94. The number of nitrogens with one attached hydrogen (secondary N) is 2. The van der Waals surface area contributed by atoms with E-state index in [1.54, 1.807) is 17.7 Å². The molecule has 2 aromatic carbocycles. The minimum absolute atomic E-state index is 0.0979. The second-order valence-electron chi connectivity index (χ2n) is 7.39. The number of carbonyl (C=O) groups is 1. The van der Waals surface area contributed by atoms with E-state index in [9.17, 15) is 9.59 Å². The summed E-state index contributed by atoms with van der Waals surface area (Å²) in [7, 11) is 1.73. The van der Waals surface area contributed by atoms with E-state index in [0.29, 0.717) is 5.56 Å². The summed E-state index contributed by atoms with van der Waals surface area (Å²) in [6.07, 6.45) is 0. The van der Waals surface area contributed by atoms with Crippen molar-refractivity contribution in [3.05, 3.63) is 105 Å². The third kappa shape index (κ3) is 4.74. The lowest BCUT2D eigenvalue weighted by molar-refractivity contribution is 0.238. The van der Waals surface area contributed by atoms with Crippen molar-refractivity contribution in [2.45, 2.75) is 33.4 Å². The van der Waals surface area contributed by atoms with E-state index >= 15 is 0 Å². The van der Waals surface area contributed by atoms with Gasteiger partial charge >= 0.3 is 6.03 Å². The van der Waals surface area contributed by atoms with Crippen LogP contribution in [-0.4, -0.2) is 10.6 Å². The summed E-state index contributed by atoms with van der Waals surface area (Å²) >= 11 is 0. The Kier molecular flexibility index (Phi) is 6.17. The van der Waals surface area contributed by atoms with Crippen LogP contribution in [0.4, 0.5) is 4.79 Å². The number of nitrogens with zero attached hydrogens (tertiary/aromatic N) is 1. The molecule has 1 atom stereocenters. The summed E-state index contributed by atoms with van der Waals surface area (Å²) in [6.45, 7) is 6.15. The predicted octanol–water partition coefficient (Wildman–Crippen LogP) is 3.90. The van der Waals surface area contributed by atoms with E-state index in [0.717, 1.165) is 22.4 Å². The Morgan fingerprint density at radius 2 is 1.72 bits per heavy atom. The summed E-state index contributed by atoms with van der Waals surface area (Å²) in [5.41, 5.74) is 5.67. The van der Waals surface area contributed by atoms with Gasteiger partial charge in [0.15, 0.2) is 0 Å². The number of aryl methyl sites for hydroxylation is 3. The highest BCUT2D eigenvalue weighted by Gasteiger charge is 2.19. The Balaban J connectivity index is 1.80. The fraction of sp³-hybridized carbons (Fsp3) is 0.250. The maximum absolute atomic E-state index is 12.7. The summed E-state index contributed by atoms with van der Waals surface area (Å²) in [5.74, 6) is 0. The minimum Gasteiger partial charge on any atom is -0.334 e. The van der Waals surface area contributed by atoms with Crippen LogP contribution in [0.15, 0.2) is 65.5 Å². The lowest BCUT2D eigenvalue weighted by Gasteiger charge is -2.22. The van der Waals surface area contributed by atoms with Crippen molar-refractivity contribution in [3.63, 3.8) is 0 Å². The van der Waals surface area contributed by atoms with Crippen LogP contribution < -0.4 is 16.2 Å². The van der Waals surface area contributed by atoms with Crippen LogP contribution in [0.3, 0.4) is 0 Å². The molecule has 0 saturated heterocycles. The largest absolute Gasteiger partial charge is 0.334 e. The molecule has 1 aromatic heterocycles. The van der Waals surface area contributed by atoms with Gasteiger partial charge in [-0.2, -0.15) is 0 Å². The fourth-order valence-corrected chi connectivity index (χ4v) is 3.41. The van der Waals surface area contributed by atoms with Gasteiger partial charge in [0, 0.05) is 24.8 Å². The maximum Gasteiger partial charge on any atom is 0.315 e. The van der Waals surface area contributed by atoms with Crippen LogP contribution in [0.25, 0.3) is 0 Å². The molecule has 3 aromatic rings. The van der Waals surface area contributed by atoms with Crippen molar-refractivity contribution in [2.24, 2.45) is 7.05 Å². The topological polar surface area (TPSA) is 63.1 Å². The molecule has 1 heterocycles. The number of carbonyl (C=O) groups excluding carboxylic acids is 1. The van der Waals surface area contributed by atoms with E-state index < -0.39 is 0 Å². The molecule has 0 aliphatic carbocycles. The Morgan fingerprint density at radius 1 is 1.00 bits per heavy atom. The maximum atomic E-state index is 12.7. The van der Waals surface area contributed by atoms with Gasteiger partial charge in [-0.25, -0.2) is 4.79 Å². The summed E-state index contributed by atoms with van der Waals surface area (Å²) in [4.78, 5) is 25.0. The van der Waals surface area contributed by atoms with Gasteiger partial charge in [0.05, 0.1) is 6.04 Å². The second-order valence-corrected chi connectivity index (χ2v) is 7.39. The molecule has 1 unspecified atom stereocenters. The van der Waals surface area contributed by atoms with Crippen LogP contribution in [0, 0.1) is 20.8 Å². The van der Waals surface area contributed by atoms with E-state index in [2.05, 4.69) is 29.7 Å². The number of aromatic nitrogens is 1. The zero-order valence-electron chi connectivity index (χ0n) is 17.3. The Bertz CT molecular complexity index is 1070. The highest BCUT2D eigenvalue weighted by atomic mass is 16.2. The normalized spacial score (nSPS) is 11.7. The first-order chi connectivity index (χ1) is 13.9. The van der Waals surface area contributed by atoms with Gasteiger partial charge in [0.2, 0.25) is 0 Å². The molecule has 0 fully saturated rings. The molecule has 0 saturated carbocycles. The van der Waals surface area contributed by atoms with Gasteiger partial charge in [-0.1, -0.05) is 60.2 Å². The van der Waals surface area contributed by atoms with Crippen molar-refractivity contribution < 1.29 is 4.79 Å². The van der Waals surface area contributed by atoms with Gasteiger partial charge in [-0.05, 0) is 43.5 Å². The Hall–Kier alpha value is -3.34. The SMILES string of the molecule is Cc1ccc(C(NC(=O)NCc2ccc(C)n(C)c2=O)c2ccccc2)c(C)c1. The average Bonchev–Trinajstić information content (AvgIpc) is 2.71. The lowest BCUT2D eigenvalue weighted by Crippen LogP contribution is -2.39. The summed E-state index contributed by atoms with van der Waals surface area (Å²) in [5, 5.41) is 5.89. The molecule has 29 heavy (non-hydrogen) atoms. The van der Waals surface area contributed by atoms with Crippen LogP contribution in [0.2, 0.25) is 0 Å². The van der Waals surface area contributed by atoms with Gasteiger partial charge in [-0.3, -0.25) is 4.79 Å². The van der Waals surface area contributed by atoms with Crippen molar-refractivity contribution in [2.75, 3.05) is 0 Å². The van der Waals surface area contributed by atoms with E-state index in [-0.39, 0.29) is 24.2 Å². The molecule has 0 radical (unpaired) electrons. The first kappa shape index (κ1) is 20.4. The van der Waals surface area contributed by atoms with Gasteiger partial charge in [0.1, 0.15) is 0 Å². The molecule has 3 rings (SSSR count). The first-order valence-electron chi connectivity index (χ1n) is 9.69. The number of urea groups is 1. The zero-order valence-corrected chi connectivity index (χ0v) is 17.3. The molecule has 0 bridgehead atoms. The highest BCUT2D eigenvalue weighted by Crippen LogP contribution is 2.25. The molecule has 5 heteroatoms. The number of benzene rings is 2.